The fourth-order valence-electron chi connectivity index (χ4n) is 3.71. The molecule has 0 radical (unpaired) electrons. The van der Waals surface area contributed by atoms with Crippen molar-refractivity contribution in [3.63, 3.8) is 0 Å². The van der Waals surface area contributed by atoms with Gasteiger partial charge in [-0.2, -0.15) is 13.2 Å². The Morgan fingerprint density at radius 1 is 0.925 bits per heavy atom. The quantitative estimate of drug-likeness (QED) is 0.224. The SMILES string of the molecule is Cc1cc(OCc2cn(-c3cccc(OC(F)(F)F)c3)c(-c3ccc(C(F)(F)F)cc3)n2)ccc1OCC(=O)O. The summed E-state index contributed by atoms with van der Waals surface area (Å²) in [4.78, 5) is 15.2. The van der Waals surface area contributed by atoms with E-state index >= 15 is 0 Å². The number of aliphatic carboxylic acids is 1. The topological polar surface area (TPSA) is 82.8 Å². The highest BCUT2D eigenvalue weighted by Gasteiger charge is 2.32. The number of rotatable bonds is 9. The maximum absolute atomic E-state index is 13.1. The molecule has 3 aromatic carbocycles. The third-order valence-electron chi connectivity index (χ3n) is 5.44. The molecule has 0 aliphatic carbocycles. The van der Waals surface area contributed by atoms with Crippen LogP contribution in [0.5, 0.6) is 17.2 Å². The molecule has 0 bridgehead atoms. The fourth-order valence-corrected chi connectivity index (χ4v) is 3.71. The first-order valence-corrected chi connectivity index (χ1v) is 11.5. The zero-order chi connectivity index (χ0) is 29.1. The largest absolute Gasteiger partial charge is 0.573 e. The third-order valence-corrected chi connectivity index (χ3v) is 5.44. The number of carbonyl (C=O) groups is 1. The summed E-state index contributed by atoms with van der Waals surface area (Å²) in [6.45, 7) is 1.08. The van der Waals surface area contributed by atoms with E-state index in [1.165, 1.54) is 41.1 Å². The van der Waals surface area contributed by atoms with Gasteiger partial charge in [-0.05, 0) is 55.0 Å². The van der Waals surface area contributed by atoms with Gasteiger partial charge in [0.05, 0.1) is 16.9 Å². The first-order chi connectivity index (χ1) is 18.8. The van der Waals surface area contributed by atoms with E-state index in [4.69, 9.17) is 14.6 Å². The van der Waals surface area contributed by atoms with Crippen LogP contribution in [-0.4, -0.2) is 33.6 Å². The molecule has 0 aliphatic heterocycles. The van der Waals surface area contributed by atoms with Crippen molar-refractivity contribution >= 4 is 5.97 Å². The minimum Gasteiger partial charge on any atom is -0.487 e. The number of alkyl halides is 6. The normalized spacial score (nSPS) is 11.8. The van der Waals surface area contributed by atoms with Gasteiger partial charge in [-0.15, -0.1) is 13.2 Å². The van der Waals surface area contributed by atoms with Crippen LogP contribution in [-0.2, 0) is 17.6 Å². The Kier molecular flexibility index (Phi) is 7.93. The number of imidazole rings is 1. The van der Waals surface area contributed by atoms with Crippen LogP contribution in [0.2, 0.25) is 0 Å². The van der Waals surface area contributed by atoms with Crippen molar-refractivity contribution in [2.75, 3.05) is 6.61 Å². The van der Waals surface area contributed by atoms with Crippen LogP contribution in [0.4, 0.5) is 26.3 Å². The lowest BCUT2D eigenvalue weighted by Crippen LogP contribution is -2.17. The highest BCUT2D eigenvalue weighted by molar-refractivity contribution is 5.68. The maximum atomic E-state index is 13.1. The minimum absolute atomic E-state index is 0.103. The molecule has 0 saturated carbocycles. The second-order valence-electron chi connectivity index (χ2n) is 8.44. The zero-order valence-electron chi connectivity index (χ0n) is 20.6. The van der Waals surface area contributed by atoms with Crippen molar-refractivity contribution in [1.82, 2.24) is 9.55 Å². The summed E-state index contributed by atoms with van der Waals surface area (Å²) >= 11 is 0. The van der Waals surface area contributed by atoms with Gasteiger partial charge < -0.3 is 19.3 Å². The molecule has 0 fully saturated rings. The molecular formula is C27H20F6N2O5. The lowest BCUT2D eigenvalue weighted by molar-refractivity contribution is -0.274. The first-order valence-electron chi connectivity index (χ1n) is 11.5. The molecule has 1 aromatic heterocycles. The van der Waals surface area contributed by atoms with Crippen LogP contribution in [0.15, 0.2) is 72.9 Å². The summed E-state index contributed by atoms with van der Waals surface area (Å²) in [6.07, 6.45) is -7.99. The van der Waals surface area contributed by atoms with Crippen molar-refractivity contribution in [3.05, 3.63) is 89.7 Å². The average Bonchev–Trinajstić information content (AvgIpc) is 3.30. The number of hydrogen-bond acceptors (Lipinski definition) is 5. The van der Waals surface area contributed by atoms with Crippen molar-refractivity contribution < 1.29 is 50.5 Å². The Balaban J connectivity index is 1.64. The number of hydrogen-bond donors (Lipinski definition) is 1. The molecule has 4 rings (SSSR count). The molecule has 0 atom stereocenters. The van der Waals surface area contributed by atoms with Crippen molar-refractivity contribution in [1.29, 1.82) is 0 Å². The molecule has 0 unspecified atom stereocenters. The number of benzene rings is 3. The van der Waals surface area contributed by atoms with Crippen LogP contribution in [0.1, 0.15) is 16.8 Å². The number of aromatic nitrogens is 2. The van der Waals surface area contributed by atoms with Gasteiger partial charge in [-0.25, -0.2) is 9.78 Å². The smallest absolute Gasteiger partial charge is 0.487 e. The van der Waals surface area contributed by atoms with Gasteiger partial charge in [0.25, 0.3) is 0 Å². The summed E-state index contributed by atoms with van der Waals surface area (Å²) in [5.41, 5.74) is 0.546. The van der Waals surface area contributed by atoms with Gasteiger partial charge >= 0.3 is 18.5 Å². The molecule has 0 amide bonds. The molecule has 1 heterocycles. The minimum atomic E-state index is -4.92. The summed E-state index contributed by atoms with van der Waals surface area (Å²) in [6, 6.07) is 13.9. The second-order valence-corrected chi connectivity index (χ2v) is 8.44. The van der Waals surface area contributed by atoms with Crippen molar-refractivity contribution in [3.8, 4) is 34.3 Å². The van der Waals surface area contributed by atoms with E-state index in [1.807, 2.05) is 0 Å². The Hall–Kier alpha value is -4.68. The molecule has 1 N–H and O–H groups in total. The predicted molar refractivity (Wildman–Crippen MR) is 129 cm³/mol. The number of carboxylic acid groups (broad SMARTS) is 1. The van der Waals surface area contributed by atoms with Gasteiger partial charge in [-0.1, -0.05) is 18.2 Å². The molecule has 0 spiro atoms. The van der Waals surface area contributed by atoms with E-state index in [-0.39, 0.29) is 23.7 Å². The summed E-state index contributed by atoms with van der Waals surface area (Å²) < 4.78 is 93.9. The van der Waals surface area contributed by atoms with Crippen LogP contribution in [0, 0.1) is 6.92 Å². The number of carboxylic acids is 1. The van der Waals surface area contributed by atoms with Gasteiger partial charge in [0, 0.05) is 17.8 Å². The van der Waals surface area contributed by atoms with E-state index < -0.39 is 36.4 Å². The van der Waals surface area contributed by atoms with Gasteiger partial charge in [-0.3, -0.25) is 4.57 Å². The van der Waals surface area contributed by atoms with E-state index in [1.54, 1.807) is 19.1 Å². The Bertz CT molecular complexity index is 1500. The van der Waals surface area contributed by atoms with Crippen molar-refractivity contribution in [2.45, 2.75) is 26.1 Å². The lowest BCUT2D eigenvalue weighted by atomic mass is 10.1. The van der Waals surface area contributed by atoms with Gasteiger partial charge in [0.15, 0.2) is 6.61 Å². The summed E-state index contributed by atoms with van der Waals surface area (Å²) in [7, 11) is 0. The molecule has 40 heavy (non-hydrogen) atoms. The van der Waals surface area contributed by atoms with E-state index in [9.17, 15) is 31.1 Å². The maximum Gasteiger partial charge on any atom is 0.573 e. The molecule has 0 aliphatic rings. The summed E-state index contributed by atoms with van der Waals surface area (Å²) in [5, 5.41) is 8.77. The van der Waals surface area contributed by atoms with Crippen molar-refractivity contribution in [2.24, 2.45) is 0 Å². The molecule has 0 saturated heterocycles. The van der Waals surface area contributed by atoms with E-state index in [0.29, 0.717) is 22.8 Å². The van der Waals surface area contributed by atoms with E-state index in [0.717, 1.165) is 24.3 Å². The first kappa shape index (κ1) is 28.3. The molecule has 210 valence electrons. The van der Waals surface area contributed by atoms with Crippen LogP contribution >= 0.6 is 0 Å². The number of halogens is 6. The standard InChI is InChI=1S/C27H20F6N2O5/c1-16-11-21(9-10-23(16)39-15-24(36)37)38-14-19-13-35(20-3-2-4-22(12-20)40-27(31,32)33)25(34-19)17-5-7-18(8-6-17)26(28,29)30/h2-13H,14-15H2,1H3,(H,36,37). The molecule has 4 aromatic rings. The zero-order valence-corrected chi connectivity index (χ0v) is 20.6. The third kappa shape index (κ3) is 7.24. The number of nitrogens with zero attached hydrogens (tertiary/aromatic N) is 2. The van der Waals surface area contributed by atoms with Crippen LogP contribution < -0.4 is 14.2 Å². The number of ether oxygens (including phenoxy) is 3. The highest BCUT2D eigenvalue weighted by Crippen LogP contribution is 2.33. The van der Waals surface area contributed by atoms with E-state index in [2.05, 4.69) is 9.72 Å². The summed E-state index contributed by atoms with van der Waals surface area (Å²) in [5.74, 6) is -0.716. The lowest BCUT2D eigenvalue weighted by Gasteiger charge is -2.12. The molecule has 7 nitrogen and oxygen atoms in total. The second kappa shape index (κ2) is 11.2. The Morgan fingerprint density at radius 3 is 2.27 bits per heavy atom. The van der Waals surface area contributed by atoms with Gasteiger partial charge in [0.2, 0.25) is 0 Å². The highest BCUT2D eigenvalue weighted by atomic mass is 19.4. The fraction of sp³-hybridized carbons (Fsp3) is 0.185. The molecule has 13 heteroatoms. The number of aryl methyl sites for hydroxylation is 1. The van der Waals surface area contributed by atoms with Crippen LogP contribution in [0.3, 0.4) is 0 Å². The monoisotopic (exact) mass is 566 g/mol. The van der Waals surface area contributed by atoms with Crippen LogP contribution in [0.25, 0.3) is 17.1 Å². The Morgan fingerprint density at radius 2 is 1.65 bits per heavy atom. The predicted octanol–water partition coefficient (Wildman–Crippen LogP) is 6.81. The average molecular weight is 566 g/mol. The van der Waals surface area contributed by atoms with Gasteiger partial charge in [0.1, 0.15) is 29.7 Å². The Labute approximate surface area is 223 Å². The molecular weight excluding hydrogens is 546 g/mol.